The molecule has 0 aliphatic carbocycles. The van der Waals surface area contributed by atoms with Crippen molar-refractivity contribution in [2.45, 2.75) is 33.7 Å². The van der Waals surface area contributed by atoms with Crippen LogP contribution < -0.4 is 4.57 Å². The second-order valence-corrected chi connectivity index (χ2v) is 3.66. The van der Waals surface area contributed by atoms with Crippen molar-refractivity contribution < 1.29 is 4.57 Å². The van der Waals surface area contributed by atoms with Gasteiger partial charge in [-0.3, -0.25) is 0 Å². The lowest BCUT2D eigenvalue weighted by Gasteiger charge is -2.00. The summed E-state index contributed by atoms with van der Waals surface area (Å²) in [6.45, 7) is 7.79. The molecule has 0 atom stereocenters. The molecule has 0 saturated heterocycles. The van der Waals surface area contributed by atoms with Gasteiger partial charge in [0.1, 0.15) is 0 Å². The number of aryl methyl sites for hydroxylation is 1. The number of pyridine rings is 1. The van der Waals surface area contributed by atoms with Gasteiger partial charge in [-0.25, -0.2) is 4.57 Å². The molecular formula is C11H18N+. The highest BCUT2D eigenvalue weighted by atomic mass is 14.9. The predicted octanol–water partition coefficient (Wildman–Crippen LogP) is 2.19. The van der Waals surface area contributed by atoms with E-state index in [0.29, 0.717) is 0 Å². The Labute approximate surface area is 75.1 Å². The Hall–Kier alpha value is -0.850. The van der Waals surface area contributed by atoms with Crippen LogP contribution in [-0.4, -0.2) is 0 Å². The molecule has 0 amide bonds. The van der Waals surface area contributed by atoms with Crippen molar-refractivity contribution in [1.29, 1.82) is 0 Å². The van der Waals surface area contributed by atoms with Gasteiger partial charge >= 0.3 is 0 Å². The first-order valence-corrected chi connectivity index (χ1v) is 4.70. The Bertz CT molecular complexity index is 241. The number of aromatic nitrogens is 1. The second-order valence-electron chi connectivity index (χ2n) is 3.66. The number of nitrogens with zero attached hydrogens (tertiary/aromatic N) is 1. The van der Waals surface area contributed by atoms with Crippen molar-refractivity contribution in [3.05, 3.63) is 30.1 Å². The summed E-state index contributed by atoms with van der Waals surface area (Å²) in [5.41, 5.74) is 1.41. The Morgan fingerprint density at radius 2 is 2.17 bits per heavy atom. The normalized spacial score (nSPS) is 10.7. The fourth-order valence-electron chi connectivity index (χ4n) is 1.32. The molecule has 12 heavy (non-hydrogen) atoms. The lowest BCUT2D eigenvalue weighted by Crippen LogP contribution is -2.35. The minimum absolute atomic E-state index is 0.724. The van der Waals surface area contributed by atoms with Gasteiger partial charge < -0.3 is 0 Å². The molecule has 0 N–H and O–H groups in total. The zero-order valence-electron chi connectivity index (χ0n) is 8.25. The van der Waals surface area contributed by atoms with E-state index in [1.165, 1.54) is 5.56 Å². The van der Waals surface area contributed by atoms with E-state index in [0.717, 1.165) is 18.9 Å². The van der Waals surface area contributed by atoms with Crippen molar-refractivity contribution >= 4 is 0 Å². The Morgan fingerprint density at radius 3 is 2.75 bits per heavy atom. The molecule has 0 aliphatic heterocycles. The molecule has 0 radical (unpaired) electrons. The first-order chi connectivity index (χ1) is 5.72. The van der Waals surface area contributed by atoms with Gasteiger partial charge in [-0.2, -0.15) is 0 Å². The molecule has 0 saturated carbocycles. The van der Waals surface area contributed by atoms with Gasteiger partial charge in [-0.05, 0) is 12.5 Å². The van der Waals surface area contributed by atoms with Crippen molar-refractivity contribution in [3.8, 4) is 0 Å². The smallest absolute Gasteiger partial charge is 0.171 e. The standard InChI is InChI=1S/C11H18N/c1-4-11-6-5-7-12(9-11)8-10(2)3/h5-7,9-10H,4,8H2,1-3H3/q+1. The molecule has 0 unspecified atom stereocenters. The van der Waals surface area contributed by atoms with Gasteiger partial charge in [0.25, 0.3) is 0 Å². The zero-order valence-corrected chi connectivity index (χ0v) is 8.25. The van der Waals surface area contributed by atoms with Crippen LogP contribution in [0.1, 0.15) is 26.3 Å². The van der Waals surface area contributed by atoms with E-state index >= 15 is 0 Å². The van der Waals surface area contributed by atoms with E-state index in [9.17, 15) is 0 Å². The van der Waals surface area contributed by atoms with Gasteiger partial charge in [-0.15, -0.1) is 0 Å². The minimum Gasteiger partial charge on any atom is -0.205 e. The molecule has 66 valence electrons. The highest BCUT2D eigenvalue weighted by Crippen LogP contribution is 1.96. The summed E-state index contributed by atoms with van der Waals surface area (Å²) in [6, 6.07) is 4.30. The van der Waals surface area contributed by atoms with E-state index in [1.54, 1.807) is 0 Å². The highest BCUT2D eigenvalue weighted by molar-refractivity contribution is 5.04. The summed E-state index contributed by atoms with van der Waals surface area (Å²) in [5.74, 6) is 0.724. The monoisotopic (exact) mass is 164 g/mol. The lowest BCUT2D eigenvalue weighted by atomic mass is 10.2. The van der Waals surface area contributed by atoms with Crippen molar-refractivity contribution in [2.75, 3.05) is 0 Å². The first kappa shape index (κ1) is 9.24. The van der Waals surface area contributed by atoms with Gasteiger partial charge in [0, 0.05) is 17.5 Å². The van der Waals surface area contributed by atoms with Gasteiger partial charge in [-0.1, -0.05) is 20.8 Å². The third-order valence-corrected chi connectivity index (χ3v) is 1.90. The third kappa shape index (κ3) is 2.65. The Balaban J connectivity index is 2.72. The summed E-state index contributed by atoms with van der Waals surface area (Å²) in [6.07, 6.45) is 5.50. The third-order valence-electron chi connectivity index (χ3n) is 1.90. The maximum atomic E-state index is 2.27. The summed E-state index contributed by atoms with van der Waals surface area (Å²) in [7, 11) is 0. The van der Waals surface area contributed by atoms with E-state index in [4.69, 9.17) is 0 Å². The van der Waals surface area contributed by atoms with E-state index in [-0.39, 0.29) is 0 Å². The fraction of sp³-hybridized carbons (Fsp3) is 0.545. The van der Waals surface area contributed by atoms with Crippen LogP contribution in [0.3, 0.4) is 0 Å². The van der Waals surface area contributed by atoms with E-state index in [1.807, 2.05) is 0 Å². The lowest BCUT2D eigenvalue weighted by molar-refractivity contribution is -0.702. The van der Waals surface area contributed by atoms with Crippen LogP contribution in [-0.2, 0) is 13.0 Å². The molecule has 0 bridgehead atoms. The fourth-order valence-corrected chi connectivity index (χ4v) is 1.32. The number of rotatable bonds is 3. The van der Waals surface area contributed by atoms with Gasteiger partial charge in [0.05, 0.1) is 0 Å². The summed E-state index contributed by atoms with van der Waals surface area (Å²) < 4.78 is 2.27. The molecule has 0 fully saturated rings. The number of hydrogen-bond acceptors (Lipinski definition) is 0. The van der Waals surface area contributed by atoms with Crippen LogP contribution in [0.25, 0.3) is 0 Å². The first-order valence-electron chi connectivity index (χ1n) is 4.70. The minimum atomic E-state index is 0.724. The van der Waals surface area contributed by atoms with Crippen LogP contribution in [0, 0.1) is 5.92 Å². The molecule has 1 rings (SSSR count). The van der Waals surface area contributed by atoms with Crippen molar-refractivity contribution in [2.24, 2.45) is 5.92 Å². The Morgan fingerprint density at radius 1 is 1.42 bits per heavy atom. The molecule has 1 heterocycles. The van der Waals surface area contributed by atoms with Crippen LogP contribution in [0.15, 0.2) is 24.5 Å². The SMILES string of the molecule is CCc1ccc[n+](CC(C)C)c1. The van der Waals surface area contributed by atoms with E-state index < -0.39 is 0 Å². The second kappa shape index (κ2) is 4.24. The van der Waals surface area contributed by atoms with Crippen molar-refractivity contribution in [3.63, 3.8) is 0 Å². The molecule has 0 spiro atoms. The molecule has 1 heteroatoms. The molecule has 1 aromatic rings. The average molecular weight is 164 g/mol. The van der Waals surface area contributed by atoms with Gasteiger partial charge in [0.15, 0.2) is 18.9 Å². The predicted molar refractivity (Wildman–Crippen MR) is 50.9 cm³/mol. The quantitative estimate of drug-likeness (QED) is 0.603. The maximum absolute atomic E-state index is 2.27. The topological polar surface area (TPSA) is 3.88 Å². The molecular weight excluding hydrogens is 146 g/mol. The molecule has 1 nitrogen and oxygen atoms in total. The van der Waals surface area contributed by atoms with Gasteiger partial charge in [0.2, 0.25) is 0 Å². The summed E-state index contributed by atoms with van der Waals surface area (Å²) in [5, 5.41) is 0. The number of hydrogen-bond donors (Lipinski definition) is 0. The largest absolute Gasteiger partial charge is 0.205 e. The van der Waals surface area contributed by atoms with Crippen LogP contribution in [0.2, 0.25) is 0 Å². The molecule has 0 aliphatic rings. The summed E-state index contributed by atoms with van der Waals surface area (Å²) >= 11 is 0. The highest BCUT2D eigenvalue weighted by Gasteiger charge is 2.03. The maximum Gasteiger partial charge on any atom is 0.171 e. The van der Waals surface area contributed by atoms with Crippen LogP contribution >= 0.6 is 0 Å². The van der Waals surface area contributed by atoms with Crippen LogP contribution in [0.4, 0.5) is 0 Å². The molecule has 1 aromatic heterocycles. The zero-order chi connectivity index (χ0) is 8.97. The van der Waals surface area contributed by atoms with Crippen molar-refractivity contribution in [1.82, 2.24) is 0 Å². The molecule has 0 aromatic carbocycles. The Kier molecular flexibility index (Phi) is 3.27. The average Bonchev–Trinajstić information content (AvgIpc) is 2.03. The van der Waals surface area contributed by atoms with Crippen LogP contribution in [0.5, 0.6) is 0 Å². The summed E-state index contributed by atoms with van der Waals surface area (Å²) in [4.78, 5) is 0. The van der Waals surface area contributed by atoms with E-state index in [2.05, 4.69) is 49.9 Å².